The summed E-state index contributed by atoms with van der Waals surface area (Å²) in [5, 5.41) is 4.33. The van der Waals surface area contributed by atoms with E-state index in [9.17, 15) is 4.79 Å². The first-order valence-corrected chi connectivity index (χ1v) is 9.12. The van der Waals surface area contributed by atoms with E-state index in [2.05, 4.69) is 20.2 Å². The zero-order valence-electron chi connectivity index (χ0n) is 13.8. The molecule has 0 radical (unpaired) electrons. The van der Waals surface area contributed by atoms with Crippen LogP contribution in [0.2, 0.25) is 10.0 Å². The fourth-order valence-electron chi connectivity index (χ4n) is 2.95. The number of carbonyl (C=O) groups is 1. The van der Waals surface area contributed by atoms with Gasteiger partial charge in [-0.1, -0.05) is 29.3 Å². The van der Waals surface area contributed by atoms with E-state index in [4.69, 9.17) is 23.2 Å². The molecule has 0 unspecified atom stereocenters. The van der Waals surface area contributed by atoms with Crippen molar-refractivity contribution in [2.45, 2.75) is 31.7 Å². The molecule has 1 saturated heterocycles. The lowest BCUT2D eigenvalue weighted by Crippen LogP contribution is -2.45. The second-order valence-corrected chi connectivity index (χ2v) is 6.96. The van der Waals surface area contributed by atoms with Gasteiger partial charge in [-0.3, -0.25) is 4.79 Å². The van der Waals surface area contributed by atoms with Gasteiger partial charge in [0.1, 0.15) is 0 Å². The van der Waals surface area contributed by atoms with E-state index in [1.165, 1.54) is 0 Å². The zero-order valence-corrected chi connectivity index (χ0v) is 15.3. The Kier molecular flexibility index (Phi) is 6.10. The highest BCUT2D eigenvalue weighted by atomic mass is 35.5. The van der Waals surface area contributed by atoms with E-state index < -0.39 is 0 Å². The molecule has 132 valence electrons. The summed E-state index contributed by atoms with van der Waals surface area (Å²) in [7, 11) is 0. The number of piperidine rings is 1. The summed E-state index contributed by atoms with van der Waals surface area (Å²) >= 11 is 12.0. The van der Waals surface area contributed by atoms with Crippen LogP contribution in [-0.4, -0.2) is 35.0 Å². The topological polar surface area (TPSA) is 58.1 Å². The lowest BCUT2D eigenvalue weighted by molar-refractivity contribution is -0.121. The van der Waals surface area contributed by atoms with Gasteiger partial charge >= 0.3 is 0 Å². The monoisotopic (exact) mass is 378 g/mol. The van der Waals surface area contributed by atoms with E-state index in [0.29, 0.717) is 22.9 Å². The Balaban J connectivity index is 1.43. The standard InChI is InChI=1S/C18H20Cl2N4O/c19-14-4-2-13(16(20)12-14)3-5-17(25)23-15-6-10-24(11-7-15)18-21-8-1-9-22-18/h1-2,4,8-9,12,15H,3,5-7,10-11H2,(H,23,25). The van der Waals surface area contributed by atoms with Gasteiger partial charge in [0, 0.05) is 48.0 Å². The molecule has 25 heavy (non-hydrogen) atoms. The van der Waals surface area contributed by atoms with Crippen molar-refractivity contribution in [3.63, 3.8) is 0 Å². The van der Waals surface area contributed by atoms with Crippen LogP contribution in [0.1, 0.15) is 24.8 Å². The molecule has 0 aliphatic carbocycles. The van der Waals surface area contributed by atoms with E-state index >= 15 is 0 Å². The summed E-state index contributed by atoms with van der Waals surface area (Å²) in [6.45, 7) is 1.69. The summed E-state index contributed by atoms with van der Waals surface area (Å²) in [5.74, 6) is 0.810. The number of nitrogens with zero attached hydrogens (tertiary/aromatic N) is 3. The van der Waals surface area contributed by atoms with Crippen molar-refractivity contribution >= 4 is 35.1 Å². The molecule has 3 rings (SSSR count). The van der Waals surface area contributed by atoms with Crippen molar-refractivity contribution in [3.05, 3.63) is 52.3 Å². The Morgan fingerprint density at radius 1 is 1.20 bits per heavy atom. The molecule has 0 bridgehead atoms. The average molecular weight is 379 g/mol. The minimum atomic E-state index is 0.0560. The molecule has 5 nitrogen and oxygen atoms in total. The third-order valence-corrected chi connectivity index (χ3v) is 4.92. The van der Waals surface area contributed by atoms with E-state index in [-0.39, 0.29) is 11.9 Å². The normalized spacial score (nSPS) is 15.2. The van der Waals surface area contributed by atoms with E-state index in [1.807, 2.05) is 12.1 Å². The molecular weight excluding hydrogens is 359 g/mol. The molecule has 1 N–H and O–H groups in total. The molecule has 0 atom stereocenters. The number of rotatable bonds is 5. The number of aryl methyl sites for hydroxylation is 1. The maximum atomic E-state index is 12.2. The van der Waals surface area contributed by atoms with Gasteiger partial charge in [0.15, 0.2) is 0 Å². The maximum absolute atomic E-state index is 12.2. The van der Waals surface area contributed by atoms with Gasteiger partial charge in [-0.25, -0.2) is 9.97 Å². The average Bonchev–Trinajstić information content (AvgIpc) is 2.62. The number of hydrogen-bond donors (Lipinski definition) is 1. The van der Waals surface area contributed by atoms with Gasteiger partial charge in [0.05, 0.1) is 0 Å². The first kappa shape index (κ1) is 18.0. The number of hydrogen-bond acceptors (Lipinski definition) is 4. The Labute approximate surface area is 157 Å². The molecule has 1 aliphatic rings. The smallest absolute Gasteiger partial charge is 0.225 e. The molecule has 1 fully saturated rings. The van der Waals surface area contributed by atoms with Gasteiger partial charge in [-0.05, 0) is 43.0 Å². The highest BCUT2D eigenvalue weighted by molar-refractivity contribution is 6.35. The van der Waals surface area contributed by atoms with Crippen LogP contribution in [0, 0.1) is 0 Å². The van der Waals surface area contributed by atoms with Crippen LogP contribution in [0.5, 0.6) is 0 Å². The lowest BCUT2D eigenvalue weighted by Gasteiger charge is -2.32. The van der Waals surface area contributed by atoms with Gasteiger partial charge in [-0.15, -0.1) is 0 Å². The number of nitrogens with one attached hydrogen (secondary N) is 1. The Morgan fingerprint density at radius 2 is 1.92 bits per heavy atom. The molecule has 1 amide bonds. The zero-order chi connectivity index (χ0) is 17.6. The van der Waals surface area contributed by atoms with Crippen LogP contribution >= 0.6 is 23.2 Å². The van der Waals surface area contributed by atoms with Gasteiger partial charge < -0.3 is 10.2 Å². The Bertz CT molecular complexity index is 718. The van der Waals surface area contributed by atoms with Crippen LogP contribution in [-0.2, 0) is 11.2 Å². The number of anilines is 1. The highest BCUT2D eigenvalue weighted by Crippen LogP contribution is 2.22. The third-order valence-electron chi connectivity index (χ3n) is 4.33. The summed E-state index contributed by atoms with van der Waals surface area (Å²) in [5.41, 5.74) is 0.942. The Morgan fingerprint density at radius 3 is 2.60 bits per heavy atom. The molecule has 1 aromatic carbocycles. The van der Waals surface area contributed by atoms with Crippen LogP contribution in [0.15, 0.2) is 36.7 Å². The lowest BCUT2D eigenvalue weighted by atomic mass is 10.0. The van der Waals surface area contributed by atoms with Crippen LogP contribution in [0.25, 0.3) is 0 Å². The minimum Gasteiger partial charge on any atom is -0.353 e. The predicted molar refractivity (Wildman–Crippen MR) is 100 cm³/mol. The van der Waals surface area contributed by atoms with E-state index in [1.54, 1.807) is 24.5 Å². The minimum absolute atomic E-state index is 0.0560. The maximum Gasteiger partial charge on any atom is 0.225 e. The second-order valence-electron chi connectivity index (χ2n) is 6.11. The first-order chi connectivity index (χ1) is 12.1. The SMILES string of the molecule is O=C(CCc1ccc(Cl)cc1Cl)NC1CCN(c2ncccn2)CC1. The molecule has 1 aliphatic heterocycles. The number of halogens is 2. The molecule has 0 spiro atoms. The molecular formula is C18H20Cl2N4O. The Hall–Kier alpha value is -1.85. The second kappa shape index (κ2) is 8.50. The van der Waals surface area contributed by atoms with Crippen molar-refractivity contribution in [3.8, 4) is 0 Å². The van der Waals surface area contributed by atoms with Gasteiger partial charge in [-0.2, -0.15) is 0 Å². The number of amides is 1. The molecule has 1 aromatic heterocycles. The number of carbonyl (C=O) groups excluding carboxylic acids is 1. The quantitative estimate of drug-likeness (QED) is 0.864. The van der Waals surface area contributed by atoms with Crippen molar-refractivity contribution in [1.29, 1.82) is 0 Å². The largest absolute Gasteiger partial charge is 0.353 e. The fraction of sp³-hybridized carbons (Fsp3) is 0.389. The molecule has 2 aromatic rings. The van der Waals surface area contributed by atoms with Crippen LogP contribution in [0.3, 0.4) is 0 Å². The summed E-state index contributed by atoms with van der Waals surface area (Å²) < 4.78 is 0. The summed E-state index contributed by atoms with van der Waals surface area (Å²) in [6, 6.07) is 7.38. The van der Waals surface area contributed by atoms with Crippen molar-refractivity contribution in [2.75, 3.05) is 18.0 Å². The fourth-order valence-corrected chi connectivity index (χ4v) is 3.45. The summed E-state index contributed by atoms with van der Waals surface area (Å²) in [4.78, 5) is 22.9. The molecule has 7 heteroatoms. The van der Waals surface area contributed by atoms with Crippen LogP contribution < -0.4 is 10.2 Å². The van der Waals surface area contributed by atoms with Crippen LogP contribution in [0.4, 0.5) is 5.95 Å². The molecule has 0 saturated carbocycles. The van der Waals surface area contributed by atoms with Crippen molar-refractivity contribution in [2.24, 2.45) is 0 Å². The first-order valence-electron chi connectivity index (χ1n) is 8.37. The van der Waals surface area contributed by atoms with Crippen molar-refractivity contribution < 1.29 is 4.79 Å². The predicted octanol–water partition coefficient (Wildman–Crippen LogP) is 3.50. The van der Waals surface area contributed by atoms with E-state index in [0.717, 1.165) is 37.4 Å². The highest BCUT2D eigenvalue weighted by Gasteiger charge is 2.22. The third kappa shape index (κ3) is 5.06. The van der Waals surface area contributed by atoms with Crippen molar-refractivity contribution in [1.82, 2.24) is 15.3 Å². The number of benzene rings is 1. The van der Waals surface area contributed by atoms with Gasteiger partial charge in [0.2, 0.25) is 11.9 Å². The molecule has 2 heterocycles. The van der Waals surface area contributed by atoms with Gasteiger partial charge in [0.25, 0.3) is 0 Å². The summed E-state index contributed by atoms with van der Waals surface area (Å²) in [6.07, 6.45) is 6.31. The number of aromatic nitrogens is 2.